The van der Waals surface area contributed by atoms with E-state index in [0.29, 0.717) is 24.6 Å². The predicted octanol–water partition coefficient (Wildman–Crippen LogP) is 3.48. The molecule has 0 aliphatic heterocycles. The van der Waals surface area contributed by atoms with Crippen LogP contribution in [-0.4, -0.2) is 36.2 Å². The van der Waals surface area contributed by atoms with Gasteiger partial charge < -0.3 is 19.4 Å². The smallest absolute Gasteiger partial charge is 0.224 e. The molecule has 3 aromatic rings. The van der Waals surface area contributed by atoms with Crippen molar-refractivity contribution >= 4 is 32.9 Å². The molecule has 0 bridgehead atoms. The zero-order valence-corrected chi connectivity index (χ0v) is 17.2. The summed E-state index contributed by atoms with van der Waals surface area (Å²) in [7, 11) is 3.16. The lowest BCUT2D eigenvalue weighted by Crippen LogP contribution is -2.29. The molecule has 27 heavy (non-hydrogen) atoms. The lowest BCUT2D eigenvalue weighted by Gasteiger charge is -2.12. The van der Waals surface area contributed by atoms with Gasteiger partial charge in [-0.1, -0.05) is 28.1 Å². The molecule has 0 unspecified atom stereocenters. The normalized spacial score (nSPS) is 10.8. The van der Waals surface area contributed by atoms with Gasteiger partial charge in [-0.15, -0.1) is 0 Å². The van der Waals surface area contributed by atoms with E-state index in [0.717, 1.165) is 26.9 Å². The summed E-state index contributed by atoms with van der Waals surface area (Å²) in [6, 6.07) is 11.6. The van der Waals surface area contributed by atoms with E-state index in [1.807, 2.05) is 43.3 Å². The van der Waals surface area contributed by atoms with Crippen LogP contribution in [0.1, 0.15) is 11.4 Å². The quantitative estimate of drug-likeness (QED) is 0.621. The molecule has 0 fully saturated rings. The summed E-state index contributed by atoms with van der Waals surface area (Å²) < 4.78 is 13.5. The van der Waals surface area contributed by atoms with Crippen molar-refractivity contribution in [1.82, 2.24) is 14.9 Å². The Morgan fingerprint density at radius 1 is 1.19 bits per heavy atom. The van der Waals surface area contributed by atoms with Crippen LogP contribution in [0.4, 0.5) is 0 Å². The standard InChI is InChI=1S/C20H22BrN3O3/c1-13-23-16-6-4-5-7-17(16)24(13)9-8-22-20(25)11-14-10-18(26-2)19(27-3)12-15(14)21/h4-7,10,12H,8-9,11H2,1-3H3,(H,22,25). The van der Waals surface area contributed by atoms with E-state index in [2.05, 4.69) is 30.8 Å². The summed E-state index contributed by atoms with van der Waals surface area (Å²) in [6.45, 7) is 3.18. The molecule has 3 rings (SSSR count). The number of benzene rings is 2. The molecule has 1 aromatic heterocycles. The van der Waals surface area contributed by atoms with Gasteiger partial charge in [0.2, 0.25) is 5.91 Å². The molecule has 0 saturated heterocycles. The van der Waals surface area contributed by atoms with Crippen LogP contribution >= 0.6 is 15.9 Å². The number of methoxy groups -OCH3 is 2. The lowest BCUT2D eigenvalue weighted by molar-refractivity contribution is -0.120. The summed E-state index contributed by atoms with van der Waals surface area (Å²) in [5, 5.41) is 2.97. The maximum atomic E-state index is 12.4. The van der Waals surface area contributed by atoms with Gasteiger partial charge in [0, 0.05) is 17.6 Å². The second-order valence-corrected chi connectivity index (χ2v) is 6.98. The SMILES string of the molecule is COc1cc(Br)c(CC(=O)NCCn2c(C)nc3ccccc32)cc1OC. The minimum absolute atomic E-state index is 0.0509. The number of hydrogen-bond donors (Lipinski definition) is 1. The van der Waals surface area contributed by atoms with Gasteiger partial charge >= 0.3 is 0 Å². The Labute approximate surface area is 166 Å². The first-order valence-corrected chi connectivity index (χ1v) is 9.41. The molecule has 1 heterocycles. The fourth-order valence-electron chi connectivity index (χ4n) is 3.05. The molecule has 2 aromatic carbocycles. The number of hydrogen-bond acceptors (Lipinski definition) is 4. The fraction of sp³-hybridized carbons (Fsp3) is 0.300. The minimum Gasteiger partial charge on any atom is -0.493 e. The molecule has 0 radical (unpaired) electrons. The zero-order chi connectivity index (χ0) is 19.4. The molecular weight excluding hydrogens is 410 g/mol. The molecule has 1 amide bonds. The number of carbonyl (C=O) groups is 1. The van der Waals surface area contributed by atoms with E-state index in [1.54, 1.807) is 14.2 Å². The minimum atomic E-state index is -0.0509. The second kappa shape index (κ2) is 8.43. The second-order valence-electron chi connectivity index (χ2n) is 6.12. The number of fused-ring (bicyclic) bond motifs is 1. The Hall–Kier alpha value is -2.54. The van der Waals surface area contributed by atoms with Crippen LogP contribution in [0, 0.1) is 6.92 Å². The number of para-hydroxylation sites is 2. The van der Waals surface area contributed by atoms with Crippen LogP contribution in [0.5, 0.6) is 11.5 Å². The maximum Gasteiger partial charge on any atom is 0.224 e. The molecule has 0 aliphatic carbocycles. The highest BCUT2D eigenvalue weighted by Gasteiger charge is 2.13. The number of aromatic nitrogens is 2. The molecular formula is C20H22BrN3O3. The molecule has 0 atom stereocenters. The van der Waals surface area contributed by atoms with Crippen molar-refractivity contribution in [2.75, 3.05) is 20.8 Å². The summed E-state index contributed by atoms with van der Waals surface area (Å²) in [6.07, 6.45) is 0.255. The summed E-state index contributed by atoms with van der Waals surface area (Å²) in [5.41, 5.74) is 2.89. The monoisotopic (exact) mass is 431 g/mol. The summed E-state index contributed by atoms with van der Waals surface area (Å²) in [5.74, 6) is 2.11. The van der Waals surface area contributed by atoms with E-state index >= 15 is 0 Å². The fourth-order valence-corrected chi connectivity index (χ4v) is 3.52. The van der Waals surface area contributed by atoms with Crippen LogP contribution in [-0.2, 0) is 17.8 Å². The van der Waals surface area contributed by atoms with Gasteiger partial charge in [-0.25, -0.2) is 4.98 Å². The van der Waals surface area contributed by atoms with Crippen molar-refractivity contribution in [2.45, 2.75) is 19.9 Å². The topological polar surface area (TPSA) is 65.4 Å². The third kappa shape index (κ3) is 4.24. The van der Waals surface area contributed by atoms with Crippen LogP contribution in [0.3, 0.4) is 0 Å². The largest absolute Gasteiger partial charge is 0.493 e. The number of rotatable bonds is 7. The molecule has 0 aliphatic rings. The number of carbonyl (C=O) groups excluding carboxylic acids is 1. The molecule has 7 heteroatoms. The summed E-state index contributed by atoms with van der Waals surface area (Å²) in [4.78, 5) is 16.9. The number of halogens is 1. The third-order valence-corrected chi connectivity index (χ3v) is 5.14. The first kappa shape index (κ1) is 19.2. The molecule has 0 saturated carbocycles. The number of ether oxygens (including phenoxy) is 2. The average molecular weight is 432 g/mol. The number of aryl methyl sites for hydroxylation is 1. The maximum absolute atomic E-state index is 12.4. The van der Waals surface area contributed by atoms with Crippen molar-refractivity contribution in [3.63, 3.8) is 0 Å². The highest BCUT2D eigenvalue weighted by Crippen LogP contribution is 2.33. The number of amides is 1. The summed E-state index contributed by atoms with van der Waals surface area (Å²) >= 11 is 3.49. The Morgan fingerprint density at radius 3 is 2.63 bits per heavy atom. The van der Waals surface area contributed by atoms with E-state index in [4.69, 9.17) is 9.47 Å². The van der Waals surface area contributed by atoms with Crippen LogP contribution in [0.25, 0.3) is 11.0 Å². The van der Waals surface area contributed by atoms with Crippen molar-refractivity contribution in [3.8, 4) is 11.5 Å². The van der Waals surface area contributed by atoms with Gasteiger partial charge in [0.15, 0.2) is 11.5 Å². The van der Waals surface area contributed by atoms with E-state index in [-0.39, 0.29) is 12.3 Å². The van der Waals surface area contributed by atoms with Crippen LogP contribution in [0.2, 0.25) is 0 Å². The Bertz CT molecular complexity index is 969. The number of nitrogens with one attached hydrogen (secondary N) is 1. The van der Waals surface area contributed by atoms with Gasteiger partial charge in [-0.05, 0) is 36.8 Å². The molecule has 0 spiro atoms. The van der Waals surface area contributed by atoms with Crippen molar-refractivity contribution < 1.29 is 14.3 Å². The van der Waals surface area contributed by atoms with E-state index in [1.165, 1.54) is 0 Å². The highest BCUT2D eigenvalue weighted by atomic mass is 79.9. The molecule has 1 N–H and O–H groups in total. The van der Waals surface area contributed by atoms with Crippen LogP contribution < -0.4 is 14.8 Å². The molecule has 142 valence electrons. The van der Waals surface area contributed by atoms with E-state index in [9.17, 15) is 4.79 Å². The van der Waals surface area contributed by atoms with Crippen LogP contribution in [0.15, 0.2) is 40.9 Å². The predicted molar refractivity (Wildman–Crippen MR) is 108 cm³/mol. The van der Waals surface area contributed by atoms with Crippen molar-refractivity contribution in [1.29, 1.82) is 0 Å². The first-order chi connectivity index (χ1) is 13.0. The Balaban J connectivity index is 1.62. The lowest BCUT2D eigenvalue weighted by atomic mass is 10.1. The number of nitrogens with zero attached hydrogens (tertiary/aromatic N) is 2. The Kier molecular flexibility index (Phi) is 6.01. The van der Waals surface area contributed by atoms with Crippen molar-refractivity contribution in [3.05, 3.63) is 52.3 Å². The highest BCUT2D eigenvalue weighted by molar-refractivity contribution is 9.10. The third-order valence-electron chi connectivity index (χ3n) is 4.41. The Morgan fingerprint density at radius 2 is 1.89 bits per heavy atom. The van der Waals surface area contributed by atoms with Gasteiger partial charge in [0.25, 0.3) is 0 Å². The van der Waals surface area contributed by atoms with Gasteiger partial charge in [0.05, 0.1) is 31.7 Å². The van der Waals surface area contributed by atoms with Gasteiger partial charge in [-0.3, -0.25) is 4.79 Å². The van der Waals surface area contributed by atoms with Crippen molar-refractivity contribution in [2.24, 2.45) is 0 Å². The van der Waals surface area contributed by atoms with Gasteiger partial charge in [-0.2, -0.15) is 0 Å². The number of imidazole rings is 1. The van der Waals surface area contributed by atoms with Gasteiger partial charge in [0.1, 0.15) is 5.82 Å². The average Bonchev–Trinajstić information content (AvgIpc) is 2.98. The first-order valence-electron chi connectivity index (χ1n) is 8.62. The van der Waals surface area contributed by atoms with E-state index < -0.39 is 0 Å². The zero-order valence-electron chi connectivity index (χ0n) is 15.6. The molecule has 6 nitrogen and oxygen atoms in total.